The lowest BCUT2D eigenvalue weighted by Gasteiger charge is -2.09. The van der Waals surface area contributed by atoms with Gasteiger partial charge in [0, 0.05) is 16.6 Å². The molecular weight excluding hydrogens is 416 g/mol. The van der Waals surface area contributed by atoms with Gasteiger partial charge in [-0.2, -0.15) is 5.26 Å². The minimum absolute atomic E-state index is 0.0507. The van der Waals surface area contributed by atoms with Crippen molar-refractivity contribution in [1.29, 1.82) is 5.26 Å². The van der Waals surface area contributed by atoms with Crippen LogP contribution in [0.4, 0.5) is 17.4 Å². The van der Waals surface area contributed by atoms with Crippen LogP contribution in [0.1, 0.15) is 40.8 Å². The fourth-order valence-electron chi connectivity index (χ4n) is 3.12. The van der Waals surface area contributed by atoms with Crippen molar-refractivity contribution in [3.63, 3.8) is 0 Å². The summed E-state index contributed by atoms with van der Waals surface area (Å²) in [6.07, 6.45) is 1.58. The molecule has 0 aliphatic heterocycles. The van der Waals surface area contributed by atoms with Crippen LogP contribution in [-0.2, 0) is 0 Å². The number of nitrogens with two attached hydrogens (primary N) is 2. The third-order valence-electron chi connectivity index (χ3n) is 4.62. The molecule has 0 aliphatic rings. The number of hydrogen-bond donors (Lipinski definition) is 3. The maximum absolute atomic E-state index is 12.9. The number of nitriles is 1. The van der Waals surface area contributed by atoms with E-state index in [-0.39, 0.29) is 33.9 Å². The summed E-state index contributed by atoms with van der Waals surface area (Å²) in [6, 6.07) is 7.59. The van der Waals surface area contributed by atoms with Gasteiger partial charge in [0.2, 0.25) is 5.27 Å². The van der Waals surface area contributed by atoms with E-state index >= 15 is 0 Å². The Morgan fingerprint density at radius 2 is 2.10 bits per heavy atom. The van der Waals surface area contributed by atoms with Gasteiger partial charge in [-0.05, 0) is 37.6 Å². The van der Waals surface area contributed by atoms with E-state index in [9.17, 15) is 10.1 Å². The van der Waals surface area contributed by atoms with E-state index in [4.69, 9.17) is 16.0 Å². The van der Waals surface area contributed by atoms with Crippen LogP contribution >= 0.6 is 11.3 Å². The lowest BCUT2D eigenvalue weighted by Crippen LogP contribution is -2.36. The summed E-state index contributed by atoms with van der Waals surface area (Å²) in [5.74, 6) is -0.246. The number of thiophene rings is 1. The fourth-order valence-corrected chi connectivity index (χ4v) is 4.12. The van der Waals surface area contributed by atoms with Crippen molar-refractivity contribution in [2.45, 2.75) is 26.8 Å². The molecule has 0 saturated heterocycles. The fraction of sp³-hybridized carbons (Fsp3) is 0.200. The zero-order valence-corrected chi connectivity index (χ0v) is 17.8. The molecule has 4 aromatic heterocycles. The van der Waals surface area contributed by atoms with Crippen molar-refractivity contribution in [1.82, 2.24) is 15.2 Å². The van der Waals surface area contributed by atoms with Crippen molar-refractivity contribution in [3.05, 3.63) is 40.5 Å². The number of nitrogens with zero attached hydrogens (tertiary/aromatic N) is 5. The van der Waals surface area contributed by atoms with Crippen molar-refractivity contribution >= 4 is 44.9 Å². The molecule has 10 nitrogen and oxygen atoms in total. The average Bonchev–Trinajstić information content (AvgIpc) is 3.31. The maximum atomic E-state index is 12.9. The minimum Gasteiger partial charge on any atom is -0.397 e. The minimum atomic E-state index is -0.479. The Kier molecular flexibility index (Phi) is 5.00. The number of carbonyl (C=O) groups excluding carboxylic acids is 1. The number of pyridine rings is 2. The molecule has 1 amide bonds. The third-order valence-corrected chi connectivity index (χ3v) is 5.71. The zero-order chi connectivity index (χ0) is 22.3. The third kappa shape index (κ3) is 3.53. The normalized spacial score (nSPS) is 11.1. The van der Waals surface area contributed by atoms with E-state index in [0.717, 1.165) is 17.0 Å². The van der Waals surface area contributed by atoms with E-state index < -0.39 is 5.91 Å². The number of nitrogens with one attached hydrogen (secondary N) is 1. The lowest BCUT2D eigenvalue weighted by molar-refractivity contribution is -0.779. The predicted octanol–water partition coefficient (Wildman–Crippen LogP) is 2.81. The molecule has 0 saturated carbocycles. The molecule has 0 aliphatic carbocycles. The Bertz CT molecular complexity index is 1370. The number of aryl methyl sites for hydroxylation is 1. The Balaban J connectivity index is 1.86. The molecule has 4 rings (SSSR count). The van der Waals surface area contributed by atoms with Crippen LogP contribution in [0, 0.1) is 18.3 Å². The molecule has 31 heavy (non-hydrogen) atoms. The zero-order valence-electron chi connectivity index (χ0n) is 17.0. The first-order chi connectivity index (χ1) is 14.8. The van der Waals surface area contributed by atoms with Crippen molar-refractivity contribution in [2.24, 2.45) is 0 Å². The number of hydrogen-bond acceptors (Lipinski definition) is 9. The highest BCUT2D eigenvalue weighted by Gasteiger charge is 2.26. The van der Waals surface area contributed by atoms with Crippen LogP contribution in [-0.4, -0.2) is 21.1 Å². The molecule has 0 aromatic carbocycles. The van der Waals surface area contributed by atoms with E-state index in [2.05, 4.69) is 26.6 Å². The number of aromatic nitrogens is 4. The molecule has 0 atom stereocenters. The largest absolute Gasteiger partial charge is 0.397 e. The van der Waals surface area contributed by atoms with Crippen LogP contribution in [0.5, 0.6) is 0 Å². The van der Waals surface area contributed by atoms with Gasteiger partial charge in [0.05, 0.1) is 11.4 Å². The summed E-state index contributed by atoms with van der Waals surface area (Å²) >= 11 is 1.08. The topological polar surface area (TPSA) is 161 Å². The number of carbonyl (C=O) groups is 1. The number of amides is 1. The summed E-state index contributed by atoms with van der Waals surface area (Å²) in [6.45, 7) is 5.71. The Labute approximate surface area is 181 Å². The van der Waals surface area contributed by atoms with Gasteiger partial charge in [-0.25, -0.2) is 4.98 Å². The molecule has 0 spiro atoms. The Morgan fingerprint density at radius 1 is 1.32 bits per heavy atom. The molecule has 0 unspecified atom stereocenters. The maximum Gasteiger partial charge on any atom is 0.302 e. The van der Waals surface area contributed by atoms with E-state index in [1.807, 2.05) is 32.9 Å². The summed E-state index contributed by atoms with van der Waals surface area (Å²) < 4.78 is 6.73. The molecule has 11 heteroatoms. The highest BCUT2D eigenvalue weighted by Crippen LogP contribution is 2.42. The summed E-state index contributed by atoms with van der Waals surface area (Å²) in [5.41, 5.74) is 14.5. The van der Waals surface area contributed by atoms with Gasteiger partial charge in [0.15, 0.2) is 6.04 Å². The molecule has 4 aromatic rings. The Hall–Kier alpha value is -4.04. The van der Waals surface area contributed by atoms with Crippen molar-refractivity contribution in [2.75, 3.05) is 16.8 Å². The predicted molar refractivity (Wildman–Crippen MR) is 116 cm³/mol. The highest BCUT2D eigenvalue weighted by atomic mass is 32.1. The Morgan fingerprint density at radius 3 is 2.74 bits per heavy atom. The van der Waals surface area contributed by atoms with Crippen LogP contribution in [0.15, 0.2) is 28.9 Å². The van der Waals surface area contributed by atoms with Crippen LogP contribution in [0.2, 0.25) is 0 Å². The standard InChI is InChI=1S/C20H18N8O2S/c1-9(2)28-8-13(30-27-28)25-19(29)17-16(22)15-14(12-6-4-5-10(3)24-12)11(7-21)18(23)26-20(15)31-17/h4-6,8-9H,1-3H3,(H4-,22,23,25,26,27,29)/p+1. The van der Waals surface area contributed by atoms with Gasteiger partial charge in [-0.3, -0.25) is 19.6 Å². The second-order valence-electron chi connectivity index (χ2n) is 7.14. The van der Waals surface area contributed by atoms with Gasteiger partial charge in [-0.15, -0.1) is 11.3 Å². The summed E-state index contributed by atoms with van der Waals surface area (Å²) in [7, 11) is 0. The molecule has 0 radical (unpaired) electrons. The van der Waals surface area contributed by atoms with E-state index in [0.29, 0.717) is 21.5 Å². The van der Waals surface area contributed by atoms with Gasteiger partial charge in [-0.1, -0.05) is 6.07 Å². The summed E-state index contributed by atoms with van der Waals surface area (Å²) in [5, 5.41) is 16.7. The monoisotopic (exact) mass is 435 g/mol. The number of fused-ring (bicyclic) bond motifs is 1. The van der Waals surface area contributed by atoms with Gasteiger partial charge >= 0.3 is 5.88 Å². The molecule has 0 bridgehead atoms. The number of rotatable bonds is 4. The SMILES string of the molecule is Cc1cccc(-c2c(C#N)c(N)nc3sc(C(=O)Nc4c[n+](C(C)C)no4)c(N)c23)n1. The molecular formula is C20H19N8O2S+. The number of anilines is 3. The molecule has 156 valence electrons. The average molecular weight is 435 g/mol. The van der Waals surface area contributed by atoms with Crippen LogP contribution in [0.25, 0.3) is 21.5 Å². The molecule has 0 fully saturated rings. The lowest BCUT2D eigenvalue weighted by atomic mass is 10.0. The van der Waals surface area contributed by atoms with Crippen molar-refractivity contribution < 1.29 is 14.0 Å². The first kappa shape index (κ1) is 20.2. The smallest absolute Gasteiger partial charge is 0.302 e. The van der Waals surface area contributed by atoms with E-state index in [1.165, 1.54) is 0 Å². The van der Waals surface area contributed by atoms with E-state index in [1.54, 1.807) is 16.9 Å². The quantitative estimate of drug-likeness (QED) is 0.412. The van der Waals surface area contributed by atoms with Gasteiger partial charge in [0.25, 0.3) is 12.1 Å². The van der Waals surface area contributed by atoms with Gasteiger partial charge < -0.3 is 11.5 Å². The number of nitrogen functional groups attached to an aromatic ring is 2. The van der Waals surface area contributed by atoms with Crippen molar-refractivity contribution in [3.8, 4) is 17.3 Å². The molecule has 5 N–H and O–H groups in total. The van der Waals surface area contributed by atoms with Crippen LogP contribution in [0.3, 0.4) is 0 Å². The molecule has 4 heterocycles. The second-order valence-corrected chi connectivity index (χ2v) is 8.14. The highest BCUT2D eigenvalue weighted by molar-refractivity contribution is 7.21. The second kappa shape index (κ2) is 7.66. The first-order valence-electron chi connectivity index (χ1n) is 9.35. The summed E-state index contributed by atoms with van der Waals surface area (Å²) in [4.78, 5) is 22.4. The first-order valence-corrected chi connectivity index (χ1v) is 10.2. The van der Waals surface area contributed by atoms with Gasteiger partial charge in [0.1, 0.15) is 27.2 Å². The van der Waals surface area contributed by atoms with Crippen LogP contribution < -0.4 is 21.5 Å².